The summed E-state index contributed by atoms with van der Waals surface area (Å²) in [5.74, 6) is 0.761. The van der Waals surface area contributed by atoms with Crippen LogP contribution < -0.4 is 15.4 Å². The zero-order valence-corrected chi connectivity index (χ0v) is 14.6. The molecule has 1 aliphatic carbocycles. The quantitative estimate of drug-likeness (QED) is 0.528. The third-order valence-electron chi connectivity index (χ3n) is 3.96. The average molecular weight is 334 g/mol. The fourth-order valence-electron chi connectivity index (χ4n) is 2.56. The third kappa shape index (κ3) is 5.53. The van der Waals surface area contributed by atoms with Crippen LogP contribution >= 0.6 is 0 Å². The zero-order valence-electron chi connectivity index (χ0n) is 14.6. The van der Waals surface area contributed by atoms with Crippen molar-refractivity contribution >= 4 is 11.9 Å². The predicted octanol–water partition coefficient (Wildman–Crippen LogP) is 1.47. The Labute approximate surface area is 142 Å². The lowest BCUT2D eigenvalue weighted by atomic mass is 10.1. The minimum atomic E-state index is -0.396. The molecule has 1 amide bonds. The molecule has 2 N–H and O–H groups in total. The van der Waals surface area contributed by atoms with Crippen LogP contribution in [0, 0.1) is 19.8 Å². The molecule has 0 aromatic heterocycles. The largest absolute Gasteiger partial charge is 0.481 e. The van der Waals surface area contributed by atoms with Gasteiger partial charge in [-0.2, -0.15) is 0 Å². The van der Waals surface area contributed by atoms with E-state index >= 15 is 0 Å². The maximum absolute atomic E-state index is 11.5. The van der Waals surface area contributed by atoms with Crippen LogP contribution in [0.2, 0.25) is 0 Å². The molecule has 0 unspecified atom stereocenters. The lowest BCUT2D eigenvalue weighted by molar-refractivity contribution is -0.142. The number of amides is 1. The first kappa shape index (κ1) is 18.3. The summed E-state index contributed by atoms with van der Waals surface area (Å²) in [5.41, 5.74) is 3.11. The summed E-state index contributed by atoms with van der Waals surface area (Å²) in [6, 6.07) is 4.07. The highest BCUT2D eigenvalue weighted by molar-refractivity contribution is 5.80. The second kappa shape index (κ2) is 8.68. The molecule has 1 aromatic rings. The van der Waals surface area contributed by atoms with Crippen LogP contribution in [0.1, 0.15) is 29.5 Å². The van der Waals surface area contributed by atoms with Crippen molar-refractivity contribution in [1.29, 1.82) is 0 Å². The summed E-state index contributed by atoms with van der Waals surface area (Å²) < 4.78 is 10.1. The molecule has 0 aliphatic heterocycles. The van der Waals surface area contributed by atoms with Gasteiger partial charge in [0.1, 0.15) is 5.75 Å². The predicted molar refractivity (Wildman–Crippen MR) is 90.9 cm³/mol. The normalized spacial score (nSPS) is 13.5. The molecule has 1 saturated carbocycles. The molecule has 0 radical (unpaired) electrons. The maximum atomic E-state index is 11.5. The van der Waals surface area contributed by atoms with E-state index in [4.69, 9.17) is 4.74 Å². The highest BCUT2D eigenvalue weighted by Gasteiger charge is 2.28. The van der Waals surface area contributed by atoms with Gasteiger partial charge in [-0.3, -0.25) is 4.79 Å². The summed E-state index contributed by atoms with van der Waals surface area (Å²) in [5, 5.41) is 6.25. The summed E-state index contributed by atoms with van der Waals surface area (Å²) in [6.07, 6.45) is 2.06. The highest BCUT2D eigenvalue weighted by Crippen LogP contribution is 2.28. The second-order valence-electron chi connectivity index (χ2n) is 6.17. The van der Waals surface area contributed by atoms with Gasteiger partial charge >= 0.3 is 5.97 Å². The van der Waals surface area contributed by atoms with Crippen molar-refractivity contribution in [3.63, 3.8) is 0 Å². The Kier molecular flexibility index (Phi) is 6.61. The van der Waals surface area contributed by atoms with Crippen LogP contribution in [-0.2, 0) is 20.9 Å². The van der Waals surface area contributed by atoms with Crippen molar-refractivity contribution in [3.8, 4) is 5.75 Å². The fourth-order valence-corrected chi connectivity index (χ4v) is 2.56. The van der Waals surface area contributed by atoms with Gasteiger partial charge in [-0.25, -0.2) is 4.79 Å². The van der Waals surface area contributed by atoms with Crippen LogP contribution in [0.5, 0.6) is 5.75 Å². The van der Waals surface area contributed by atoms with Gasteiger partial charge in [0.25, 0.3) is 0 Å². The first-order valence-corrected chi connectivity index (χ1v) is 8.29. The van der Waals surface area contributed by atoms with E-state index < -0.39 is 5.97 Å². The van der Waals surface area contributed by atoms with E-state index in [0.717, 1.165) is 48.4 Å². The van der Waals surface area contributed by atoms with Crippen molar-refractivity contribution in [2.75, 3.05) is 26.8 Å². The molecule has 0 bridgehead atoms. The van der Waals surface area contributed by atoms with Crippen LogP contribution in [-0.4, -0.2) is 38.7 Å². The summed E-state index contributed by atoms with van der Waals surface area (Å²) in [6.45, 7) is 5.93. The van der Waals surface area contributed by atoms with E-state index in [1.165, 1.54) is 7.11 Å². The number of benzene rings is 1. The van der Waals surface area contributed by atoms with Crippen LogP contribution in [0.3, 0.4) is 0 Å². The minimum absolute atomic E-state index is 0.0868. The number of aryl methyl sites for hydroxylation is 2. The van der Waals surface area contributed by atoms with Gasteiger partial charge in [-0.1, -0.05) is 12.1 Å². The Hall–Kier alpha value is -2.08. The molecule has 6 nitrogen and oxygen atoms in total. The van der Waals surface area contributed by atoms with Crippen LogP contribution in [0.25, 0.3) is 0 Å². The van der Waals surface area contributed by atoms with E-state index in [9.17, 15) is 9.59 Å². The van der Waals surface area contributed by atoms with E-state index in [2.05, 4.69) is 15.4 Å². The van der Waals surface area contributed by atoms with Crippen molar-refractivity contribution in [2.45, 2.75) is 33.2 Å². The molecule has 1 aromatic carbocycles. The van der Waals surface area contributed by atoms with Gasteiger partial charge in [-0.15, -0.1) is 0 Å². The van der Waals surface area contributed by atoms with Crippen molar-refractivity contribution < 1.29 is 19.1 Å². The topological polar surface area (TPSA) is 76.7 Å². The first-order chi connectivity index (χ1) is 11.5. The summed E-state index contributed by atoms with van der Waals surface area (Å²) in [7, 11) is 1.34. The van der Waals surface area contributed by atoms with Crippen molar-refractivity contribution in [3.05, 3.63) is 28.8 Å². The van der Waals surface area contributed by atoms with Crippen molar-refractivity contribution in [2.24, 2.45) is 5.92 Å². The third-order valence-corrected chi connectivity index (χ3v) is 3.96. The standard InChI is InChI=1S/C18H26N2O4/c1-12-8-14(9-13(2)17(12)24-11-16(21)23-3)10-19-6-7-20-18(22)15-4-5-15/h8-9,15,19H,4-7,10-11H2,1-3H3,(H,20,22). The Bertz CT molecular complexity index is 574. The molecule has 2 rings (SSSR count). The van der Waals surface area contributed by atoms with Crippen LogP contribution in [0.15, 0.2) is 12.1 Å². The number of esters is 1. The number of carbonyl (C=O) groups excluding carboxylic acids is 2. The smallest absolute Gasteiger partial charge is 0.343 e. The van der Waals surface area contributed by atoms with Crippen LogP contribution in [0.4, 0.5) is 0 Å². The number of ether oxygens (including phenoxy) is 2. The first-order valence-electron chi connectivity index (χ1n) is 8.29. The van der Waals surface area contributed by atoms with Gasteiger partial charge in [0.05, 0.1) is 7.11 Å². The fraction of sp³-hybridized carbons (Fsp3) is 0.556. The number of carbonyl (C=O) groups is 2. The lowest BCUT2D eigenvalue weighted by Gasteiger charge is -2.14. The maximum Gasteiger partial charge on any atom is 0.343 e. The summed E-state index contributed by atoms with van der Waals surface area (Å²) in [4.78, 5) is 22.7. The number of methoxy groups -OCH3 is 1. The molecule has 0 atom stereocenters. The number of hydrogen-bond donors (Lipinski definition) is 2. The SMILES string of the molecule is COC(=O)COc1c(C)cc(CNCCNC(=O)C2CC2)cc1C. The number of nitrogens with one attached hydrogen (secondary N) is 2. The zero-order chi connectivity index (χ0) is 17.5. The van der Waals surface area contributed by atoms with E-state index in [1.54, 1.807) is 0 Å². The Morgan fingerprint density at radius 2 is 1.83 bits per heavy atom. The molecule has 132 valence electrons. The number of hydrogen-bond acceptors (Lipinski definition) is 5. The average Bonchev–Trinajstić information content (AvgIpc) is 3.38. The van der Waals surface area contributed by atoms with Gasteiger partial charge in [0.15, 0.2) is 6.61 Å². The van der Waals surface area contributed by atoms with Gasteiger partial charge in [-0.05, 0) is 43.4 Å². The molecule has 0 heterocycles. The van der Waals surface area contributed by atoms with E-state index in [1.807, 2.05) is 26.0 Å². The molecule has 1 fully saturated rings. The lowest BCUT2D eigenvalue weighted by Crippen LogP contribution is -2.32. The molecule has 24 heavy (non-hydrogen) atoms. The highest BCUT2D eigenvalue weighted by atomic mass is 16.6. The monoisotopic (exact) mass is 334 g/mol. The molecule has 0 spiro atoms. The second-order valence-corrected chi connectivity index (χ2v) is 6.17. The Balaban J connectivity index is 1.76. The van der Waals surface area contributed by atoms with Gasteiger partial charge < -0.3 is 20.1 Å². The van der Waals surface area contributed by atoms with E-state index in [0.29, 0.717) is 6.54 Å². The molecule has 6 heteroatoms. The molecular formula is C18H26N2O4. The van der Waals surface area contributed by atoms with Crippen molar-refractivity contribution in [1.82, 2.24) is 10.6 Å². The minimum Gasteiger partial charge on any atom is -0.481 e. The Morgan fingerprint density at radius 1 is 1.17 bits per heavy atom. The molecule has 0 saturated heterocycles. The Morgan fingerprint density at radius 3 is 2.42 bits per heavy atom. The molecule has 1 aliphatic rings. The van der Waals surface area contributed by atoms with Gasteiger partial charge in [0.2, 0.25) is 5.91 Å². The van der Waals surface area contributed by atoms with E-state index in [-0.39, 0.29) is 18.4 Å². The molecular weight excluding hydrogens is 308 g/mol. The number of rotatable bonds is 9. The summed E-state index contributed by atoms with van der Waals surface area (Å²) >= 11 is 0. The van der Waals surface area contributed by atoms with Gasteiger partial charge in [0, 0.05) is 25.6 Å².